The van der Waals surface area contributed by atoms with Gasteiger partial charge < -0.3 is 14.8 Å². The summed E-state index contributed by atoms with van der Waals surface area (Å²) in [6, 6.07) is 12.7. The molecule has 1 atom stereocenters. The first-order chi connectivity index (χ1) is 10.3. The van der Waals surface area contributed by atoms with Crippen LogP contribution in [0.15, 0.2) is 42.5 Å². The fraction of sp³-hybridized carbons (Fsp3) is 0.294. The van der Waals surface area contributed by atoms with Crippen LogP contribution in [0.2, 0.25) is 0 Å². The van der Waals surface area contributed by atoms with Crippen molar-refractivity contribution in [3.63, 3.8) is 0 Å². The Labute approximate surface area is 123 Å². The number of fused-ring (bicyclic) bond motifs is 1. The van der Waals surface area contributed by atoms with Crippen molar-refractivity contribution in [2.75, 3.05) is 13.7 Å². The number of ether oxygens (including phenoxy) is 2. The average Bonchev–Trinajstić information content (AvgIpc) is 2.53. The molecule has 0 amide bonds. The largest absolute Gasteiger partial charge is 0.493 e. The Morgan fingerprint density at radius 3 is 2.81 bits per heavy atom. The summed E-state index contributed by atoms with van der Waals surface area (Å²) >= 11 is 0. The molecule has 1 heterocycles. The van der Waals surface area contributed by atoms with Crippen LogP contribution in [-0.2, 0) is 6.54 Å². The number of para-hydroxylation sites is 1. The second-order valence-corrected chi connectivity index (χ2v) is 5.08. The predicted octanol–water partition coefficient (Wildman–Crippen LogP) is 3.45. The van der Waals surface area contributed by atoms with Gasteiger partial charge in [0.2, 0.25) is 0 Å². The molecule has 1 aliphatic heterocycles. The van der Waals surface area contributed by atoms with Gasteiger partial charge in [0, 0.05) is 24.6 Å². The van der Waals surface area contributed by atoms with Crippen LogP contribution < -0.4 is 14.8 Å². The monoisotopic (exact) mass is 287 g/mol. The van der Waals surface area contributed by atoms with E-state index in [1.54, 1.807) is 19.2 Å². The van der Waals surface area contributed by atoms with Crippen LogP contribution >= 0.6 is 0 Å². The molecule has 2 aromatic carbocycles. The van der Waals surface area contributed by atoms with Crippen molar-refractivity contribution in [3.05, 3.63) is 59.4 Å². The number of benzene rings is 2. The van der Waals surface area contributed by atoms with E-state index in [4.69, 9.17) is 9.47 Å². The Hall–Kier alpha value is -2.07. The van der Waals surface area contributed by atoms with Crippen LogP contribution in [0.5, 0.6) is 11.5 Å². The van der Waals surface area contributed by atoms with Gasteiger partial charge in [-0.2, -0.15) is 0 Å². The zero-order valence-electron chi connectivity index (χ0n) is 11.9. The maximum atomic E-state index is 12.9. The summed E-state index contributed by atoms with van der Waals surface area (Å²) < 4.78 is 24.0. The summed E-state index contributed by atoms with van der Waals surface area (Å²) in [5.41, 5.74) is 2.18. The van der Waals surface area contributed by atoms with Gasteiger partial charge in [0.1, 0.15) is 5.82 Å². The quantitative estimate of drug-likeness (QED) is 0.934. The highest BCUT2D eigenvalue weighted by Crippen LogP contribution is 2.39. The van der Waals surface area contributed by atoms with Crippen LogP contribution in [0.25, 0.3) is 0 Å². The molecule has 0 aromatic heterocycles. The van der Waals surface area contributed by atoms with Crippen molar-refractivity contribution < 1.29 is 13.9 Å². The third-order valence-electron chi connectivity index (χ3n) is 3.72. The fourth-order valence-electron chi connectivity index (χ4n) is 2.61. The van der Waals surface area contributed by atoms with Gasteiger partial charge >= 0.3 is 0 Å². The number of hydrogen-bond acceptors (Lipinski definition) is 3. The molecule has 110 valence electrons. The van der Waals surface area contributed by atoms with Gasteiger partial charge in [-0.05, 0) is 23.8 Å². The summed E-state index contributed by atoms with van der Waals surface area (Å²) in [5, 5.41) is 3.51. The number of hydrogen-bond donors (Lipinski definition) is 1. The molecule has 0 aliphatic carbocycles. The summed E-state index contributed by atoms with van der Waals surface area (Å²) in [6.45, 7) is 1.36. The summed E-state index contributed by atoms with van der Waals surface area (Å²) in [6.07, 6.45) is 0.904. The van der Waals surface area contributed by atoms with Crippen LogP contribution in [0, 0.1) is 5.82 Å². The third-order valence-corrected chi connectivity index (χ3v) is 3.72. The molecule has 3 rings (SSSR count). The molecule has 21 heavy (non-hydrogen) atoms. The topological polar surface area (TPSA) is 30.5 Å². The van der Waals surface area contributed by atoms with E-state index in [2.05, 4.69) is 11.4 Å². The Kier molecular flexibility index (Phi) is 4.06. The van der Waals surface area contributed by atoms with Crippen LogP contribution in [0.4, 0.5) is 4.39 Å². The lowest BCUT2D eigenvalue weighted by Crippen LogP contribution is -2.27. The zero-order valence-corrected chi connectivity index (χ0v) is 11.9. The Balaban J connectivity index is 1.75. The van der Waals surface area contributed by atoms with Crippen molar-refractivity contribution in [3.8, 4) is 11.5 Å². The Morgan fingerprint density at radius 1 is 1.24 bits per heavy atom. The van der Waals surface area contributed by atoms with E-state index in [0.29, 0.717) is 13.2 Å². The molecule has 0 saturated heterocycles. The lowest BCUT2D eigenvalue weighted by atomic mass is 9.99. The zero-order chi connectivity index (χ0) is 14.7. The Bertz CT molecular complexity index is 613. The minimum atomic E-state index is -0.208. The van der Waals surface area contributed by atoms with Gasteiger partial charge in [-0.1, -0.05) is 24.3 Å². The lowest BCUT2D eigenvalue weighted by Gasteiger charge is -2.28. The van der Waals surface area contributed by atoms with Crippen molar-refractivity contribution in [2.45, 2.75) is 19.0 Å². The van der Waals surface area contributed by atoms with Crippen LogP contribution in [0.1, 0.15) is 23.6 Å². The van der Waals surface area contributed by atoms with E-state index < -0.39 is 0 Å². The molecule has 2 aromatic rings. The fourth-order valence-corrected chi connectivity index (χ4v) is 2.61. The first-order valence-corrected chi connectivity index (χ1v) is 7.05. The first-order valence-electron chi connectivity index (χ1n) is 7.05. The maximum absolute atomic E-state index is 12.9. The standard InChI is InChI=1S/C17H18FNO2/c1-20-16-4-2-3-14-15(9-10-21-17(14)16)19-11-12-5-7-13(18)8-6-12/h2-8,15,19H,9-11H2,1H3. The molecule has 4 heteroatoms. The minimum absolute atomic E-state index is 0.208. The molecule has 1 aliphatic rings. The highest BCUT2D eigenvalue weighted by molar-refractivity contribution is 5.49. The summed E-state index contributed by atoms with van der Waals surface area (Å²) in [4.78, 5) is 0. The molecule has 0 fully saturated rings. The molecule has 1 unspecified atom stereocenters. The normalized spacial score (nSPS) is 17.0. The number of rotatable bonds is 4. The van der Waals surface area contributed by atoms with E-state index >= 15 is 0 Å². The van der Waals surface area contributed by atoms with Crippen molar-refractivity contribution >= 4 is 0 Å². The molecule has 0 radical (unpaired) electrons. The smallest absolute Gasteiger partial charge is 0.165 e. The van der Waals surface area contributed by atoms with Gasteiger partial charge in [-0.15, -0.1) is 0 Å². The van der Waals surface area contributed by atoms with Gasteiger partial charge in [0.25, 0.3) is 0 Å². The second kappa shape index (κ2) is 6.14. The highest BCUT2D eigenvalue weighted by Gasteiger charge is 2.23. The van der Waals surface area contributed by atoms with Crippen molar-refractivity contribution in [1.82, 2.24) is 5.32 Å². The van der Waals surface area contributed by atoms with E-state index in [1.165, 1.54) is 12.1 Å². The van der Waals surface area contributed by atoms with E-state index in [9.17, 15) is 4.39 Å². The third kappa shape index (κ3) is 3.00. The Morgan fingerprint density at radius 2 is 2.05 bits per heavy atom. The predicted molar refractivity (Wildman–Crippen MR) is 79.1 cm³/mol. The molecule has 1 N–H and O–H groups in total. The van der Waals surface area contributed by atoms with E-state index in [-0.39, 0.29) is 11.9 Å². The first kappa shape index (κ1) is 13.9. The van der Waals surface area contributed by atoms with E-state index in [0.717, 1.165) is 29.0 Å². The van der Waals surface area contributed by atoms with Crippen molar-refractivity contribution in [1.29, 1.82) is 0 Å². The molecular weight excluding hydrogens is 269 g/mol. The van der Waals surface area contributed by atoms with E-state index in [1.807, 2.05) is 12.1 Å². The maximum Gasteiger partial charge on any atom is 0.165 e. The minimum Gasteiger partial charge on any atom is -0.493 e. The van der Waals surface area contributed by atoms with Gasteiger partial charge in [0.05, 0.1) is 13.7 Å². The SMILES string of the molecule is COc1cccc2c1OCCC2NCc1ccc(F)cc1. The van der Waals surface area contributed by atoms with Crippen LogP contribution in [-0.4, -0.2) is 13.7 Å². The number of methoxy groups -OCH3 is 1. The average molecular weight is 287 g/mol. The second-order valence-electron chi connectivity index (χ2n) is 5.08. The van der Waals surface area contributed by atoms with Crippen LogP contribution in [0.3, 0.4) is 0 Å². The molecule has 0 spiro atoms. The number of halogens is 1. The molecule has 0 bridgehead atoms. The van der Waals surface area contributed by atoms with Crippen molar-refractivity contribution in [2.24, 2.45) is 0 Å². The molecule has 0 saturated carbocycles. The highest BCUT2D eigenvalue weighted by atomic mass is 19.1. The van der Waals surface area contributed by atoms with Gasteiger partial charge in [-0.3, -0.25) is 0 Å². The summed E-state index contributed by atoms with van der Waals surface area (Å²) in [5.74, 6) is 1.38. The van der Waals surface area contributed by atoms with Gasteiger partial charge in [-0.25, -0.2) is 4.39 Å². The number of nitrogens with one attached hydrogen (secondary N) is 1. The lowest BCUT2D eigenvalue weighted by molar-refractivity contribution is 0.239. The van der Waals surface area contributed by atoms with Gasteiger partial charge in [0.15, 0.2) is 11.5 Å². The summed E-state index contributed by atoms with van der Waals surface area (Å²) in [7, 11) is 1.65. The molecular formula is C17H18FNO2. The molecule has 3 nitrogen and oxygen atoms in total.